The third-order valence-corrected chi connectivity index (χ3v) is 13.9. The van der Waals surface area contributed by atoms with Crippen LogP contribution in [0.25, 0.3) is 108 Å². The SMILES string of the molecule is CC1(C)c2cc(-c3c4ccccc4c(-c4cccc5ccccc45)c4ccccc34)ccc2-c2ccc(-c3cccc4c3ccc3c5ccccc5sc43)cc21. The molecule has 0 saturated heterocycles. The Morgan fingerprint density at radius 1 is 0.339 bits per heavy atom. The Bertz CT molecular complexity index is 3390. The van der Waals surface area contributed by atoms with Crippen LogP contribution in [0.5, 0.6) is 0 Å². The van der Waals surface area contributed by atoms with Gasteiger partial charge in [-0.15, -0.1) is 11.3 Å². The highest BCUT2D eigenvalue weighted by molar-refractivity contribution is 7.26. The maximum atomic E-state index is 2.50. The lowest BCUT2D eigenvalue weighted by Gasteiger charge is -2.23. The molecule has 0 spiro atoms. The molecule has 11 aromatic rings. The lowest BCUT2D eigenvalue weighted by molar-refractivity contribution is 0.661. The van der Waals surface area contributed by atoms with Gasteiger partial charge in [0, 0.05) is 31.0 Å². The Morgan fingerprint density at radius 3 is 1.57 bits per heavy atom. The Labute approximate surface area is 329 Å². The van der Waals surface area contributed by atoms with E-state index >= 15 is 0 Å². The smallest absolute Gasteiger partial charge is 0.0434 e. The molecular formula is C55H36S. The molecule has 262 valence electrons. The van der Waals surface area contributed by atoms with Crippen molar-refractivity contribution in [1.29, 1.82) is 0 Å². The van der Waals surface area contributed by atoms with Crippen molar-refractivity contribution in [3.63, 3.8) is 0 Å². The number of hydrogen-bond donors (Lipinski definition) is 0. The van der Waals surface area contributed by atoms with E-state index in [9.17, 15) is 0 Å². The van der Waals surface area contributed by atoms with E-state index in [1.54, 1.807) is 0 Å². The molecule has 0 saturated carbocycles. The van der Waals surface area contributed by atoms with Crippen LogP contribution in [0.2, 0.25) is 0 Å². The van der Waals surface area contributed by atoms with Crippen LogP contribution in [0.15, 0.2) is 182 Å². The van der Waals surface area contributed by atoms with Crippen molar-refractivity contribution in [3.05, 3.63) is 193 Å². The van der Waals surface area contributed by atoms with Crippen molar-refractivity contribution in [2.75, 3.05) is 0 Å². The van der Waals surface area contributed by atoms with Crippen LogP contribution in [0.4, 0.5) is 0 Å². The van der Waals surface area contributed by atoms with Crippen molar-refractivity contribution in [3.8, 4) is 44.5 Å². The molecule has 0 fully saturated rings. The van der Waals surface area contributed by atoms with E-state index in [0.29, 0.717) is 0 Å². The fourth-order valence-corrected chi connectivity index (χ4v) is 11.3. The number of thiophene rings is 1. The molecule has 1 aliphatic carbocycles. The summed E-state index contributed by atoms with van der Waals surface area (Å²) in [5.74, 6) is 0. The summed E-state index contributed by atoms with van der Waals surface area (Å²) < 4.78 is 2.72. The van der Waals surface area contributed by atoms with Gasteiger partial charge in [-0.1, -0.05) is 178 Å². The molecule has 0 bridgehead atoms. The zero-order chi connectivity index (χ0) is 37.1. The van der Waals surface area contributed by atoms with Gasteiger partial charge in [0.25, 0.3) is 0 Å². The van der Waals surface area contributed by atoms with Crippen LogP contribution in [-0.4, -0.2) is 0 Å². The van der Waals surface area contributed by atoms with Gasteiger partial charge < -0.3 is 0 Å². The Kier molecular flexibility index (Phi) is 6.66. The number of hydrogen-bond acceptors (Lipinski definition) is 1. The fraction of sp³-hybridized carbons (Fsp3) is 0.0545. The molecule has 0 atom stereocenters. The molecule has 0 radical (unpaired) electrons. The second-order valence-corrected chi connectivity index (χ2v) is 17.0. The first kappa shape index (κ1) is 31.8. The van der Waals surface area contributed by atoms with Gasteiger partial charge in [0.15, 0.2) is 0 Å². The number of benzene rings is 10. The zero-order valence-electron chi connectivity index (χ0n) is 31.2. The molecule has 1 heteroatoms. The largest absolute Gasteiger partial charge is 0.135 e. The average molecular weight is 729 g/mol. The minimum absolute atomic E-state index is 0.172. The molecule has 0 nitrogen and oxygen atoms in total. The highest BCUT2D eigenvalue weighted by Crippen LogP contribution is 2.53. The van der Waals surface area contributed by atoms with Crippen molar-refractivity contribution >= 4 is 74.6 Å². The number of rotatable bonds is 3. The summed E-state index contributed by atoms with van der Waals surface area (Å²) in [7, 11) is 0. The molecule has 0 N–H and O–H groups in total. The van der Waals surface area contributed by atoms with Crippen molar-refractivity contribution in [1.82, 2.24) is 0 Å². The minimum Gasteiger partial charge on any atom is -0.135 e. The van der Waals surface area contributed by atoms with E-state index in [1.807, 2.05) is 11.3 Å². The van der Waals surface area contributed by atoms with Crippen LogP contribution in [0.1, 0.15) is 25.0 Å². The first-order chi connectivity index (χ1) is 27.5. The standard InChI is InChI=1S/C55H36S/c1-55(2)49-31-34(37-21-12-23-47-38(37)29-30-48-41-16-9-10-24-51(41)56-54(47)48)25-27-39(49)40-28-26-35(32-50(40)55)52-43-17-5-7-19-45(43)53(46-20-8-6-18-44(46)52)42-22-11-14-33-13-3-4-15-36(33)42/h3-32H,1-2H3. The summed E-state index contributed by atoms with van der Waals surface area (Å²) in [6.45, 7) is 4.82. The molecule has 56 heavy (non-hydrogen) atoms. The molecule has 0 amide bonds. The Morgan fingerprint density at radius 2 is 0.839 bits per heavy atom. The van der Waals surface area contributed by atoms with E-state index in [1.165, 1.54) is 119 Å². The number of fused-ring (bicyclic) bond motifs is 11. The Hall–Kier alpha value is -6.54. The predicted octanol–water partition coefficient (Wildman–Crippen LogP) is 16.0. The third kappa shape index (κ3) is 4.41. The molecule has 12 rings (SSSR count). The molecular weight excluding hydrogens is 693 g/mol. The summed E-state index contributed by atoms with van der Waals surface area (Å²) in [6.07, 6.45) is 0. The van der Waals surface area contributed by atoms with Crippen molar-refractivity contribution in [2.24, 2.45) is 0 Å². The van der Waals surface area contributed by atoms with Gasteiger partial charge in [0.05, 0.1) is 0 Å². The van der Waals surface area contributed by atoms with Crippen LogP contribution in [0, 0.1) is 0 Å². The first-order valence-corrected chi connectivity index (χ1v) is 20.4. The van der Waals surface area contributed by atoms with Gasteiger partial charge in [-0.2, -0.15) is 0 Å². The third-order valence-electron chi connectivity index (χ3n) is 12.7. The molecule has 1 aromatic heterocycles. The zero-order valence-corrected chi connectivity index (χ0v) is 32.0. The maximum Gasteiger partial charge on any atom is 0.0434 e. The average Bonchev–Trinajstić information content (AvgIpc) is 3.74. The maximum absolute atomic E-state index is 2.50. The van der Waals surface area contributed by atoms with E-state index in [-0.39, 0.29) is 5.41 Å². The van der Waals surface area contributed by atoms with Gasteiger partial charge in [-0.05, 0) is 112 Å². The summed E-state index contributed by atoms with van der Waals surface area (Å²) in [4.78, 5) is 0. The van der Waals surface area contributed by atoms with Gasteiger partial charge in [-0.3, -0.25) is 0 Å². The van der Waals surface area contributed by atoms with E-state index < -0.39 is 0 Å². The molecule has 1 aliphatic rings. The van der Waals surface area contributed by atoms with Gasteiger partial charge in [0.1, 0.15) is 0 Å². The second kappa shape index (κ2) is 11.7. The van der Waals surface area contributed by atoms with Crippen LogP contribution in [0.3, 0.4) is 0 Å². The van der Waals surface area contributed by atoms with Crippen molar-refractivity contribution < 1.29 is 0 Å². The quantitative estimate of drug-likeness (QED) is 0.159. The van der Waals surface area contributed by atoms with Crippen molar-refractivity contribution in [2.45, 2.75) is 19.3 Å². The summed E-state index contributed by atoms with van der Waals surface area (Å²) in [5, 5.41) is 13.0. The summed E-state index contributed by atoms with van der Waals surface area (Å²) >= 11 is 1.91. The van der Waals surface area contributed by atoms with Crippen LogP contribution >= 0.6 is 11.3 Å². The highest BCUT2D eigenvalue weighted by atomic mass is 32.1. The summed E-state index contributed by atoms with van der Waals surface area (Å²) in [6, 6.07) is 68.3. The van der Waals surface area contributed by atoms with E-state index in [0.717, 1.165) is 0 Å². The van der Waals surface area contributed by atoms with E-state index in [2.05, 4.69) is 196 Å². The minimum atomic E-state index is -0.172. The Balaban J connectivity index is 1.02. The van der Waals surface area contributed by atoms with Crippen LogP contribution in [-0.2, 0) is 5.41 Å². The summed E-state index contributed by atoms with van der Waals surface area (Å²) in [5.41, 5.74) is 13.0. The molecule has 10 aromatic carbocycles. The second-order valence-electron chi connectivity index (χ2n) is 16.0. The van der Waals surface area contributed by atoms with E-state index in [4.69, 9.17) is 0 Å². The first-order valence-electron chi connectivity index (χ1n) is 19.6. The monoisotopic (exact) mass is 728 g/mol. The highest BCUT2D eigenvalue weighted by Gasteiger charge is 2.36. The van der Waals surface area contributed by atoms with Crippen LogP contribution < -0.4 is 0 Å². The lowest BCUT2D eigenvalue weighted by Crippen LogP contribution is -2.15. The van der Waals surface area contributed by atoms with Gasteiger partial charge in [0.2, 0.25) is 0 Å². The fourth-order valence-electron chi connectivity index (χ4n) is 10.0. The van der Waals surface area contributed by atoms with Gasteiger partial charge in [-0.25, -0.2) is 0 Å². The normalized spacial score (nSPS) is 13.3. The molecule has 1 heterocycles. The topological polar surface area (TPSA) is 0 Å². The predicted molar refractivity (Wildman–Crippen MR) is 243 cm³/mol. The molecule has 0 unspecified atom stereocenters. The molecule has 0 aliphatic heterocycles. The van der Waals surface area contributed by atoms with Gasteiger partial charge >= 0.3 is 0 Å². The lowest BCUT2D eigenvalue weighted by atomic mass is 9.79.